The molecule has 2 aromatic rings. The Morgan fingerprint density at radius 1 is 1.21 bits per heavy atom. The third-order valence-corrected chi connectivity index (χ3v) is 7.34. The molecular formula is C24H31Cl2FN6O. The molecule has 0 unspecified atom stereocenters. The number of pyridine rings is 1. The summed E-state index contributed by atoms with van der Waals surface area (Å²) < 4.78 is 14.2. The lowest BCUT2D eigenvalue weighted by Gasteiger charge is -2.47. The maximum absolute atomic E-state index is 14.2. The van der Waals surface area contributed by atoms with Gasteiger partial charge in [-0.25, -0.2) is 14.2 Å². The van der Waals surface area contributed by atoms with Crippen LogP contribution in [0.3, 0.4) is 0 Å². The number of amides is 2. The highest BCUT2D eigenvalue weighted by atomic mass is 35.5. The zero-order valence-corrected chi connectivity index (χ0v) is 20.8. The summed E-state index contributed by atoms with van der Waals surface area (Å²) in [5, 5.41) is 3.43. The number of piperidine rings is 1. The van der Waals surface area contributed by atoms with Crippen LogP contribution in [-0.2, 0) is 6.54 Å². The van der Waals surface area contributed by atoms with Crippen molar-refractivity contribution in [3.63, 3.8) is 0 Å². The van der Waals surface area contributed by atoms with Crippen LogP contribution in [0, 0.1) is 5.82 Å². The van der Waals surface area contributed by atoms with Gasteiger partial charge in [0.2, 0.25) is 0 Å². The molecule has 3 heterocycles. The quantitative estimate of drug-likeness (QED) is 0.596. The van der Waals surface area contributed by atoms with E-state index in [0.717, 1.165) is 57.8 Å². The van der Waals surface area contributed by atoms with Crippen LogP contribution in [0.5, 0.6) is 0 Å². The van der Waals surface area contributed by atoms with E-state index in [2.05, 4.69) is 31.9 Å². The number of halogens is 3. The van der Waals surface area contributed by atoms with E-state index in [1.807, 2.05) is 0 Å². The first-order chi connectivity index (χ1) is 16.3. The number of primary amides is 1. The van der Waals surface area contributed by atoms with Gasteiger partial charge < -0.3 is 16.0 Å². The topological polar surface area (TPSA) is 77.7 Å². The van der Waals surface area contributed by atoms with Gasteiger partial charge in [0.05, 0.1) is 16.9 Å². The van der Waals surface area contributed by atoms with Gasteiger partial charge in [-0.3, -0.25) is 9.80 Å². The lowest BCUT2D eigenvalue weighted by atomic mass is 9.97. The highest BCUT2D eigenvalue weighted by Crippen LogP contribution is 2.30. The van der Waals surface area contributed by atoms with Crippen molar-refractivity contribution in [3.05, 3.63) is 51.9 Å². The number of hydrogen-bond acceptors (Lipinski definition) is 5. The van der Waals surface area contributed by atoms with Crippen LogP contribution in [-0.4, -0.2) is 65.6 Å². The van der Waals surface area contributed by atoms with Crippen molar-refractivity contribution in [2.75, 3.05) is 42.9 Å². The number of nitrogens with zero attached hydrogens (tertiary/aromatic N) is 4. The van der Waals surface area contributed by atoms with Crippen LogP contribution in [0.25, 0.3) is 0 Å². The lowest BCUT2D eigenvalue weighted by Crippen LogP contribution is -2.58. The Bertz CT molecular complexity index is 1020. The summed E-state index contributed by atoms with van der Waals surface area (Å²) in [6, 6.07) is 6.88. The molecule has 3 N–H and O–H groups in total. The number of hydrogen-bond donors (Lipinski definition) is 2. The normalized spacial score (nSPS) is 20.5. The molecule has 2 aliphatic heterocycles. The first-order valence-electron chi connectivity index (χ1n) is 11.7. The van der Waals surface area contributed by atoms with Gasteiger partial charge in [-0.2, -0.15) is 0 Å². The molecule has 0 bridgehead atoms. The highest BCUT2D eigenvalue weighted by Gasteiger charge is 2.34. The smallest absolute Gasteiger partial charge is 0.316 e. The Morgan fingerprint density at radius 3 is 2.62 bits per heavy atom. The number of rotatable bonds is 6. The molecule has 1 aromatic carbocycles. The van der Waals surface area contributed by atoms with Crippen molar-refractivity contribution in [3.8, 4) is 0 Å². The molecule has 2 fully saturated rings. The van der Waals surface area contributed by atoms with Gasteiger partial charge in [0, 0.05) is 48.8 Å². The third-order valence-electron chi connectivity index (χ3n) is 6.82. The van der Waals surface area contributed by atoms with Crippen LogP contribution in [0.4, 0.5) is 20.7 Å². The van der Waals surface area contributed by atoms with Gasteiger partial charge in [-0.1, -0.05) is 36.2 Å². The van der Waals surface area contributed by atoms with E-state index < -0.39 is 6.03 Å². The Labute approximate surface area is 210 Å². The fraction of sp³-hybridized carbons (Fsp3) is 0.500. The molecule has 2 aliphatic rings. The highest BCUT2D eigenvalue weighted by molar-refractivity contribution is 6.33. The average molecular weight is 509 g/mol. The molecular weight excluding hydrogens is 478 g/mol. The number of nitrogens with two attached hydrogens (primary N) is 1. The van der Waals surface area contributed by atoms with E-state index in [4.69, 9.17) is 28.9 Å². The van der Waals surface area contributed by atoms with E-state index in [-0.39, 0.29) is 5.82 Å². The van der Waals surface area contributed by atoms with Crippen molar-refractivity contribution >= 4 is 40.7 Å². The monoisotopic (exact) mass is 508 g/mol. The van der Waals surface area contributed by atoms with Gasteiger partial charge in [0.15, 0.2) is 0 Å². The third kappa shape index (κ3) is 5.92. The van der Waals surface area contributed by atoms with Crippen molar-refractivity contribution in [1.29, 1.82) is 0 Å². The van der Waals surface area contributed by atoms with Gasteiger partial charge in [-0.05, 0) is 50.6 Å². The van der Waals surface area contributed by atoms with E-state index in [1.54, 1.807) is 24.4 Å². The molecule has 0 saturated carbocycles. The number of nitrogens with one attached hydrogen (secondary N) is 1. The molecule has 2 saturated heterocycles. The second-order valence-electron chi connectivity index (χ2n) is 9.01. The summed E-state index contributed by atoms with van der Waals surface area (Å²) in [6.07, 6.45) is 4.75. The van der Waals surface area contributed by atoms with Gasteiger partial charge in [0.1, 0.15) is 11.6 Å². The minimum absolute atomic E-state index is 0.234. The molecule has 10 heteroatoms. The van der Waals surface area contributed by atoms with Crippen molar-refractivity contribution in [2.45, 2.75) is 44.8 Å². The second-order valence-corrected chi connectivity index (χ2v) is 9.85. The molecule has 7 nitrogen and oxygen atoms in total. The largest absolute Gasteiger partial charge is 0.353 e. The molecule has 4 rings (SSSR count). The number of urea groups is 1. The van der Waals surface area contributed by atoms with E-state index >= 15 is 0 Å². The van der Waals surface area contributed by atoms with Crippen LogP contribution in [0.2, 0.25) is 10.0 Å². The number of piperazine rings is 1. The first-order valence-corrected chi connectivity index (χ1v) is 12.5. The van der Waals surface area contributed by atoms with E-state index in [9.17, 15) is 9.18 Å². The molecule has 0 aliphatic carbocycles. The van der Waals surface area contributed by atoms with Crippen molar-refractivity contribution in [2.24, 2.45) is 5.73 Å². The summed E-state index contributed by atoms with van der Waals surface area (Å²) >= 11 is 12.4. The number of anilines is 2. The first kappa shape index (κ1) is 25.0. The van der Waals surface area contributed by atoms with Gasteiger partial charge in [0.25, 0.3) is 0 Å². The summed E-state index contributed by atoms with van der Waals surface area (Å²) in [6.45, 7) is 7.36. The minimum atomic E-state index is -0.644. The zero-order chi connectivity index (χ0) is 24.2. The van der Waals surface area contributed by atoms with E-state index in [0.29, 0.717) is 39.9 Å². The fourth-order valence-electron chi connectivity index (χ4n) is 5.08. The SMILES string of the molecule is CC[C@H]1CN(c2ncc(NC(N)=O)cc2Cl)CCN1C1CCN(Cc2ccc(Cl)cc2F)CC1. The fourth-order valence-corrected chi connectivity index (χ4v) is 5.52. The molecule has 0 radical (unpaired) electrons. The number of carbonyl (C=O) groups excluding carboxylic acids is 1. The Hall–Kier alpha value is -2.13. The second kappa shape index (κ2) is 11.1. The molecule has 1 atom stereocenters. The summed E-state index contributed by atoms with van der Waals surface area (Å²) in [4.78, 5) is 22.7. The average Bonchev–Trinajstić information content (AvgIpc) is 2.81. The molecule has 34 heavy (non-hydrogen) atoms. The Morgan fingerprint density at radius 2 is 1.97 bits per heavy atom. The van der Waals surface area contributed by atoms with Crippen LogP contribution < -0.4 is 16.0 Å². The lowest BCUT2D eigenvalue weighted by molar-refractivity contribution is 0.0607. The van der Waals surface area contributed by atoms with Crippen molar-refractivity contribution in [1.82, 2.24) is 14.8 Å². The summed E-state index contributed by atoms with van der Waals surface area (Å²) in [7, 11) is 0. The molecule has 1 aromatic heterocycles. The van der Waals surface area contributed by atoms with Crippen molar-refractivity contribution < 1.29 is 9.18 Å². The van der Waals surface area contributed by atoms with Gasteiger partial charge >= 0.3 is 6.03 Å². The van der Waals surface area contributed by atoms with Crippen LogP contribution in [0.1, 0.15) is 31.7 Å². The van der Waals surface area contributed by atoms with E-state index in [1.165, 1.54) is 6.07 Å². The molecule has 184 valence electrons. The predicted molar refractivity (Wildman–Crippen MR) is 135 cm³/mol. The Kier molecular flexibility index (Phi) is 8.14. The maximum atomic E-state index is 14.2. The predicted octanol–water partition coefficient (Wildman–Crippen LogP) is 4.58. The number of aromatic nitrogens is 1. The standard InChI is InChI=1S/C24H31Cl2FN6O/c1-2-19-15-32(23-21(26)12-18(13-29-23)30-24(28)34)9-10-33(19)20-5-7-31(8-6-20)14-16-3-4-17(25)11-22(16)27/h3-4,11-13,19-20H,2,5-10,14-15H2,1H3,(H3,28,30,34)/t19-/m0/s1. The van der Waals surface area contributed by atoms with Crippen LogP contribution in [0.15, 0.2) is 30.5 Å². The number of carbonyl (C=O) groups is 1. The Balaban J connectivity index is 1.34. The minimum Gasteiger partial charge on any atom is -0.353 e. The number of likely N-dealkylation sites (tertiary alicyclic amines) is 1. The number of benzene rings is 1. The summed E-state index contributed by atoms with van der Waals surface area (Å²) in [5.41, 5.74) is 6.36. The summed E-state index contributed by atoms with van der Waals surface area (Å²) in [5.74, 6) is 0.497. The molecule has 2 amide bonds. The van der Waals surface area contributed by atoms with Crippen LogP contribution >= 0.6 is 23.2 Å². The molecule has 0 spiro atoms. The zero-order valence-electron chi connectivity index (χ0n) is 19.3. The van der Waals surface area contributed by atoms with Gasteiger partial charge in [-0.15, -0.1) is 0 Å². The maximum Gasteiger partial charge on any atom is 0.316 e.